The van der Waals surface area contributed by atoms with Gasteiger partial charge < -0.3 is 10.1 Å². The zero-order valence-corrected chi connectivity index (χ0v) is 10.9. The summed E-state index contributed by atoms with van der Waals surface area (Å²) >= 11 is 0. The molecule has 0 radical (unpaired) electrons. The number of benzene rings is 1. The first-order chi connectivity index (χ1) is 9.31. The highest BCUT2D eigenvalue weighted by Crippen LogP contribution is 2.19. The maximum absolute atomic E-state index is 11.2. The average Bonchev–Trinajstić information content (AvgIpc) is 2.44. The molecule has 0 bridgehead atoms. The van der Waals surface area contributed by atoms with Crippen molar-refractivity contribution in [3.05, 3.63) is 30.5 Å². The number of hydrogen-bond acceptors (Lipinski definition) is 5. The number of rotatable bonds is 6. The number of nitrogens with one attached hydrogen (secondary N) is 1. The largest absolute Gasteiger partial charge is 0.466 e. The van der Waals surface area contributed by atoms with E-state index in [4.69, 9.17) is 4.74 Å². The molecule has 1 N–H and O–H groups in total. The Kier molecular flexibility index (Phi) is 4.66. The third-order valence-corrected chi connectivity index (χ3v) is 2.72. The Bertz CT molecular complexity index is 552. The number of nitrogens with zero attached hydrogens (tertiary/aromatic N) is 2. The topological polar surface area (TPSA) is 64.1 Å². The molecule has 5 nitrogen and oxygen atoms in total. The number of fused-ring (bicyclic) bond motifs is 1. The zero-order chi connectivity index (χ0) is 13.5. The molecule has 0 atom stereocenters. The number of anilines is 1. The van der Waals surface area contributed by atoms with E-state index in [1.165, 1.54) is 0 Å². The summed E-state index contributed by atoms with van der Waals surface area (Å²) in [5.74, 6) is -0.151. The molecule has 100 valence electrons. The fraction of sp³-hybridized carbons (Fsp3) is 0.357. The van der Waals surface area contributed by atoms with E-state index in [0.717, 1.165) is 23.0 Å². The number of aromatic nitrogens is 2. The van der Waals surface area contributed by atoms with E-state index in [2.05, 4.69) is 15.5 Å². The van der Waals surface area contributed by atoms with Crippen LogP contribution in [0.4, 0.5) is 5.69 Å². The summed E-state index contributed by atoms with van der Waals surface area (Å²) in [6.45, 7) is 2.95. The maximum Gasteiger partial charge on any atom is 0.305 e. The quantitative estimate of drug-likeness (QED) is 0.637. The molecule has 0 fully saturated rings. The average molecular weight is 259 g/mol. The lowest BCUT2D eigenvalue weighted by Crippen LogP contribution is -2.08. The minimum atomic E-state index is -0.151. The molecule has 2 aromatic rings. The molecule has 0 spiro atoms. The van der Waals surface area contributed by atoms with Crippen LogP contribution in [-0.2, 0) is 9.53 Å². The van der Waals surface area contributed by atoms with Gasteiger partial charge in [0.2, 0.25) is 0 Å². The second kappa shape index (κ2) is 6.68. The van der Waals surface area contributed by atoms with Crippen LogP contribution in [0.3, 0.4) is 0 Å². The number of carbonyl (C=O) groups excluding carboxylic acids is 1. The van der Waals surface area contributed by atoms with Gasteiger partial charge in [0.15, 0.2) is 0 Å². The molecule has 2 rings (SSSR count). The summed E-state index contributed by atoms with van der Waals surface area (Å²) < 4.78 is 4.88. The van der Waals surface area contributed by atoms with Gasteiger partial charge in [0.1, 0.15) is 0 Å². The third kappa shape index (κ3) is 3.64. The molecule has 0 amide bonds. The van der Waals surface area contributed by atoms with E-state index in [9.17, 15) is 4.79 Å². The van der Waals surface area contributed by atoms with Crippen LogP contribution >= 0.6 is 0 Å². The van der Waals surface area contributed by atoms with Crippen LogP contribution in [0.25, 0.3) is 10.9 Å². The van der Waals surface area contributed by atoms with Crippen molar-refractivity contribution in [1.82, 2.24) is 10.2 Å². The molecule has 1 heterocycles. The Morgan fingerprint density at radius 2 is 2.21 bits per heavy atom. The Morgan fingerprint density at radius 3 is 3.05 bits per heavy atom. The zero-order valence-electron chi connectivity index (χ0n) is 10.9. The van der Waals surface area contributed by atoms with E-state index in [-0.39, 0.29) is 5.97 Å². The molecule has 0 saturated carbocycles. The van der Waals surface area contributed by atoms with Gasteiger partial charge in [-0.2, -0.15) is 10.2 Å². The fourth-order valence-electron chi connectivity index (χ4n) is 1.84. The van der Waals surface area contributed by atoms with Crippen molar-refractivity contribution >= 4 is 22.6 Å². The van der Waals surface area contributed by atoms with Crippen LogP contribution < -0.4 is 5.32 Å². The standard InChI is InChI=1S/C14H17N3O2/c1-2-19-14(18)8-5-9-15-13-10-16-17-12-7-4-3-6-11(12)13/h3-4,6-7,10H,2,5,8-9H2,1H3,(H,15,17). The van der Waals surface area contributed by atoms with Gasteiger partial charge in [0.25, 0.3) is 0 Å². The van der Waals surface area contributed by atoms with Crippen molar-refractivity contribution in [1.29, 1.82) is 0 Å². The van der Waals surface area contributed by atoms with Gasteiger partial charge >= 0.3 is 5.97 Å². The van der Waals surface area contributed by atoms with Crippen molar-refractivity contribution in [2.24, 2.45) is 0 Å². The number of carbonyl (C=O) groups is 1. The van der Waals surface area contributed by atoms with Crippen LogP contribution in [0.1, 0.15) is 19.8 Å². The number of esters is 1. The lowest BCUT2D eigenvalue weighted by Gasteiger charge is -2.08. The SMILES string of the molecule is CCOC(=O)CCCNc1cnnc2ccccc12. The molecule has 0 unspecified atom stereocenters. The smallest absolute Gasteiger partial charge is 0.305 e. The van der Waals surface area contributed by atoms with Gasteiger partial charge in [-0.15, -0.1) is 0 Å². The predicted octanol–water partition coefficient (Wildman–Crippen LogP) is 2.39. The van der Waals surface area contributed by atoms with E-state index < -0.39 is 0 Å². The van der Waals surface area contributed by atoms with Crippen molar-refractivity contribution in [3.63, 3.8) is 0 Å². The van der Waals surface area contributed by atoms with Crippen LogP contribution in [-0.4, -0.2) is 29.3 Å². The van der Waals surface area contributed by atoms with Gasteiger partial charge in [0, 0.05) is 18.4 Å². The summed E-state index contributed by atoms with van der Waals surface area (Å²) in [6.07, 6.45) is 2.86. The molecule has 1 aromatic heterocycles. The predicted molar refractivity (Wildman–Crippen MR) is 73.9 cm³/mol. The Labute approximate surface area is 112 Å². The lowest BCUT2D eigenvalue weighted by molar-refractivity contribution is -0.143. The molecule has 0 aliphatic carbocycles. The van der Waals surface area contributed by atoms with E-state index in [0.29, 0.717) is 19.6 Å². The molecule has 0 aliphatic rings. The van der Waals surface area contributed by atoms with E-state index >= 15 is 0 Å². The molecular weight excluding hydrogens is 242 g/mol. The van der Waals surface area contributed by atoms with Crippen LogP contribution in [0.5, 0.6) is 0 Å². The lowest BCUT2D eigenvalue weighted by atomic mass is 10.2. The minimum absolute atomic E-state index is 0.151. The Balaban J connectivity index is 1.90. The van der Waals surface area contributed by atoms with Crippen molar-refractivity contribution in [3.8, 4) is 0 Å². The summed E-state index contributed by atoms with van der Waals surface area (Å²) in [5, 5.41) is 12.3. The van der Waals surface area contributed by atoms with Gasteiger partial charge in [-0.25, -0.2) is 0 Å². The second-order valence-electron chi connectivity index (χ2n) is 4.11. The first-order valence-electron chi connectivity index (χ1n) is 6.41. The highest BCUT2D eigenvalue weighted by Gasteiger charge is 2.03. The van der Waals surface area contributed by atoms with Gasteiger partial charge in [-0.05, 0) is 19.4 Å². The normalized spacial score (nSPS) is 10.4. The Hall–Kier alpha value is -2.17. The number of hydrogen-bond donors (Lipinski definition) is 1. The van der Waals surface area contributed by atoms with Gasteiger partial charge in [0.05, 0.1) is 24.0 Å². The first kappa shape index (κ1) is 13.3. The van der Waals surface area contributed by atoms with Crippen LogP contribution in [0.2, 0.25) is 0 Å². The highest BCUT2D eigenvalue weighted by atomic mass is 16.5. The van der Waals surface area contributed by atoms with Crippen molar-refractivity contribution < 1.29 is 9.53 Å². The molecule has 19 heavy (non-hydrogen) atoms. The maximum atomic E-state index is 11.2. The van der Waals surface area contributed by atoms with E-state index in [1.54, 1.807) is 6.20 Å². The molecule has 0 saturated heterocycles. The van der Waals surface area contributed by atoms with Crippen LogP contribution in [0.15, 0.2) is 30.5 Å². The third-order valence-electron chi connectivity index (χ3n) is 2.72. The van der Waals surface area contributed by atoms with Crippen molar-refractivity contribution in [2.75, 3.05) is 18.5 Å². The van der Waals surface area contributed by atoms with Crippen molar-refractivity contribution in [2.45, 2.75) is 19.8 Å². The summed E-state index contributed by atoms with van der Waals surface area (Å²) in [5.41, 5.74) is 1.80. The molecule has 5 heteroatoms. The first-order valence-corrected chi connectivity index (χ1v) is 6.41. The minimum Gasteiger partial charge on any atom is -0.466 e. The van der Waals surface area contributed by atoms with E-state index in [1.807, 2.05) is 31.2 Å². The van der Waals surface area contributed by atoms with Gasteiger partial charge in [-0.1, -0.05) is 18.2 Å². The van der Waals surface area contributed by atoms with Crippen LogP contribution in [0, 0.1) is 0 Å². The summed E-state index contributed by atoms with van der Waals surface area (Å²) in [7, 11) is 0. The highest BCUT2D eigenvalue weighted by molar-refractivity contribution is 5.90. The second-order valence-corrected chi connectivity index (χ2v) is 4.11. The van der Waals surface area contributed by atoms with Gasteiger partial charge in [-0.3, -0.25) is 4.79 Å². The summed E-state index contributed by atoms with van der Waals surface area (Å²) in [6, 6.07) is 7.82. The Morgan fingerprint density at radius 1 is 1.37 bits per heavy atom. The molecule has 0 aliphatic heterocycles. The fourth-order valence-corrected chi connectivity index (χ4v) is 1.84. The number of ether oxygens (including phenoxy) is 1. The summed E-state index contributed by atoms with van der Waals surface area (Å²) in [4.78, 5) is 11.2. The monoisotopic (exact) mass is 259 g/mol. The molecular formula is C14H17N3O2. The molecule has 1 aromatic carbocycles.